The lowest BCUT2D eigenvalue weighted by atomic mass is 10.3. The van der Waals surface area contributed by atoms with Gasteiger partial charge in [-0.05, 0) is 0 Å². The summed E-state index contributed by atoms with van der Waals surface area (Å²) in [5.74, 6) is 1.07. The molecule has 3 heterocycles. The van der Waals surface area contributed by atoms with Crippen LogP contribution in [0.25, 0.3) is 0 Å². The number of anilines is 1. The average Bonchev–Trinajstić information content (AvgIpc) is 3.16. The molecular weight excluding hydrogens is 298 g/mol. The van der Waals surface area contributed by atoms with E-state index >= 15 is 0 Å². The van der Waals surface area contributed by atoms with Crippen molar-refractivity contribution < 1.29 is 9.53 Å². The van der Waals surface area contributed by atoms with Crippen molar-refractivity contribution in [2.24, 2.45) is 7.05 Å². The number of nitrogens with zero attached hydrogens (tertiary/aromatic N) is 7. The summed E-state index contributed by atoms with van der Waals surface area (Å²) in [4.78, 5) is 24.4. The van der Waals surface area contributed by atoms with Gasteiger partial charge in [-0.25, -0.2) is 0 Å². The fourth-order valence-corrected chi connectivity index (χ4v) is 2.40. The number of ether oxygens (including phenoxy) is 1. The Kier molecular flexibility index (Phi) is 4.09. The first-order valence-electron chi connectivity index (χ1n) is 7.34. The van der Waals surface area contributed by atoms with Crippen LogP contribution in [0.3, 0.4) is 0 Å². The Morgan fingerprint density at radius 3 is 2.91 bits per heavy atom. The Balaban J connectivity index is 1.62. The summed E-state index contributed by atoms with van der Waals surface area (Å²) in [6.07, 6.45) is 5.52. The lowest BCUT2D eigenvalue weighted by Crippen LogP contribution is -2.31. The molecule has 9 heteroatoms. The maximum Gasteiger partial charge on any atom is 0.276 e. The molecule has 0 N–H and O–H groups in total. The molecule has 2 aromatic rings. The van der Waals surface area contributed by atoms with Gasteiger partial charge in [-0.2, -0.15) is 4.98 Å². The predicted molar refractivity (Wildman–Crippen MR) is 82.3 cm³/mol. The Labute approximate surface area is 133 Å². The highest BCUT2D eigenvalue weighted by atomic mass is 16.5. The number of aromatic nitrogens is 5. The third-order valence-electron chi connectivity index (χ3n) is 3.60. The zero-order chi connectivity index (χ0) is 16.4. The maximum atomic E-state index is 12.3. The second-order valence-corrected chi connectivity index (χ2v) is 5.67. The number of carbonyl (C=O) groups excluding carboxylic acids is 1. The van der Waals surface area contributed by atoms with Gasteiger partial charge >= 0.3 is 0 Å². The molecule has 0 aromatic carbocycles. The van der Waals surface area contributed by atoms with Gasteiger partial charge in [-0.15, -0.1) is 5.10 Å². The van der Waals surface area contributed by atoms with Crippen LogP contribution in [0.4, 0.5) is 5.82 Å². The molecule has 2 aromatic heterocycles. The molecule has 0 aliphatic carbocycles. The lowest BCUT2D eigenvalue weighted by molar-refractivity contribution is 0.0765. The molecule has 1 fully saturated rings. The zero-order valence-corrected chi connectivity index (χ0v) is 13.4. The molecule has 0 bridgehead atoms. The molecule has 0 radical (unpaired) electrons. The highest BCUT2D eigenvalue weighted by Crippen LogP contribution is 2.19. The second kappa shape index (κ2) is 6.19. The third kappa shape index (κ3) is 3.38. The first-order chi connectivity index (χ1) is 11.0. The molecular formula is C14H19N7O2. The van der Waals surface area contributed by atoms with Crippen LogP contribution in [0.2, 0.25) is 0 Å². The van der Waals surface area contributed by atoms with Gasteiger partial charge in [0.15, 0.2) is 11.5 Å². The molecule has 1 amide bonds. The topological polar surface area (TPSA) is 89.3 Å². The molecule has 0 saturated carbocycles. The third-order valence-corrected chi connectivity index (χ3v) is 3.60. The van der Waals surface area contributed by atoms with Crippen molar-refractivity contribution in [1.82, 2.24) is 29.9 Å². The summed E-state index contributed by atoms with van der Waals surface area (Å²) >= 11 is 0. The highest BCUT2D eigenvalue weighted by Gasteiger charge is 2.30. The Hall–Kier alpha value is -2.71. The Morgan fingerprint density at radius 1 is 1.39 bits per heavy atom. The number of aryl methyl sites for hydroxylation is 1. The van der Waals surface area contributed by atoms with E-state index in [4.69, 9.17) is 4.74 Å². The number of carbonyl (C=O) groups is 1. The number of rotatable bonds is 4. The molecule has 1 unspecified atom stereocenters. The minimum Gasteiger partial charge on any atom is -0.471 e. The Morgan fingerprint density at radius 2 is 2.22 bits per heavy atom. The molecule has 9 nitrogen and oxygen atoms in total. The maximum absolute atomic E-state index is 12.3. The standard InChI is InChI=1S/C14H19N7O2/c1-19(2)12-6-15-7-13(16-12)23-10-4-5-21(8-10)14(22)11-9-20(3)18-17-11/h6-7,9-10H,4-5,8H2,1-3H3. The molecule has 1 aliphatic rings. The molecule has 122 valence electrons. The largest absolute Gasteiger partial charge is 0.471 e. The lowest BCUT2D eigenvalue weighted by Gasteiger charge is -2.16. The quantitative estimate of drug-likeness (QED) is 0.782. The predicted octanol–water partition coefficient (Wildman–Crippen LogP) is -0.0354. The van der Waals surface area contributed by atoms with Crippen molar-refractivity contribution in [1.29, 1.82) is 0 Å². The summed E-state index contributed by atoms with van der Waals surface area (Å²) in [5, 5.41) is 7.64. The van der Waals surface area contributed by atoms with Gasteiger partial charge in [-0.1, -0.05) is 5.21 Å². The van der Waals surface area contributed by atoms with Gasteiger partial charge in [0.05, 0.1) is 25.1 Å². The van der Waals surface area contributed by atoms with Crippen LogP contribution in [0.5, 0.6) is 5.88 Å². The van der Waals surface area contributed by atoms with Gasteiger partial charge in [0, 0.05) is 34.1 Å². The first kappa shape index (κ1) is 15.2. The summed E-state index contributed by atoms with van der Waals surface area (Å²) < 4.78 is 7.37. The molecule has 23 heavy (non-hydrogen) atoms. The normalized spacial score (nSPS) is 17.3. The number of hydrogen-bond donors (Lipinski definition) is 0. The van der Waals surface area contributed by atoms with E-state index in [9.17, 15) is 4.79 Å². The van der Waals surface area contributed by atoms with Crippen LogP contribution in [-0.4, -0.2) is 69.1 Å². The molecule has 1 saturated heterocycles. The van der Waals surface area contributed by atoms with Gasteiger partial charge in [0.1, 0.15) is 6.10 Å². The monoisotopic (exact) mass is 317 g/mol. The van der Waals surface area contributed by atoms with Crippen LogP contribution in [-0.2, 0) is 7.05 Å². The number of amides is 1. The fourth-order valence-electron chi connectivity index (χ4n) is 2.40. The van der Waals surface area contributed by atoms with Crippen molar-refractivity contribution in [3.8, 4) is 5.88 Å². The van der Waals surface area contributed by atoms with Gasteiger partial charge in [0.25, 0.3) is 5.91 Å². The van der Waals surface area contributed by atoms with E-state index in [2.05, 4.69) is 20.3 Å². The smallest absolute Gasteiger partial charge is 0.276 e. The number of hydrogen-bond acceptors (Lipinski definition) is 7. The second-order valence-electron chi connectivity index (χ2n) is 5.67. The zero-order valence-electron chi connectivity index (χ0n) is 13.4. The highest BCUT2D eigenvalue weighted by molar-refractivity contribution is 5.92. The summed E-state index contributed by atoms with van der Waals surface area (Å²) in [6, 6.07) is 0. The van der Waals surface area contributed by atoms with Crippen LogP contribution >= 0.6 is 0 Å². The first-order valence-corrected chi connectivity index (χ1v) is 7.34. The molecule has 3 rings (SSSR count). The summed E-state index contributed by atoms with van der Waals surface area (Å²) in [7, 11) is 5.52. The van der Waals surface area contributed by atoms with Gasteiger partial charge < -0.3 is 14.5 Å². The van der Waals surface area contributed by atoms with E-state index < -0.39 is 0 Å². The van der Waals surface area contributed by atoms with Crippen LogP contribution < -0.4 is 9.64 Å². The van der Waals surface area contributed by atoms with E-state index in [0.29, 0.717) is 24.7 Å². The van der Waals surface area contributed by atoms with Crippen LogP contribution in [0.1, 0.15) is 16.9 Å². The van der Waals surface area contributed by atoms with Crippen molar-refractivity contribution in [2.75, 3.05) is 32.1 Å². The van der Waals surface area contributed by atoms with Gasteiger partial charge in [0.2, 0.25) is 5.88 Å². The van der Waals surface area contributed by atoms with E-state index in [-0.39, 0.29) is 12.0 Å². The van der Waals surface area contributed by atoms with E-state index in [1.54, 1.807) is 30.5 Å². The molecule has 1 aliphatic heterocycles. The fraction of sp³-hybridized carbons (Fsp3) is 0.500. The summed E-state index contributed by atoms with van der Waals surface area (Å²) in [6.45, 7) is 1.13. The summed E-state index contributed by atoms with van der Waals surface area (Å²) in [5.41, 5.74) is 0.350. The van der Waals surface area contributed by atoms with Crippen molar-refractivity contribution in [2.45, 2.75) is 12.5 Å². The van der Waals surface area contributed by atoms with Crippen LogP contribution in [0, 0.1) is 0 Å². The van der Waals surface area contributed by atoms with Crippen molar-refractivity contribution in [3.63, 3.8) is 0 Å². The van der Waals surface area contributed by atoms with Crippen LogP contribution in [0.15, 0.2) is 18.6 Å². The average molecular weight is 317 g/mol. The van der Waals surface area contributed by atoms with E-state index in [1.165, 1.54) is 4.68 Å². The van der Waals surface area contributed by atoms with Crippen molar-refractivity contribution in [3.05, 3.63) is 24.3 Å². The Bertz CT molecular complexity index is 700. The molecule has 1 atom stereocenters. The minimum absolute atomic E-state index is 0.0951. The van der Waals surface area contributed by atoms with E-state index in [1.807, 2.05) is 19.0 Å². The molecule has 0 spiro atoms. The van der Waals surface area contributed by atoms with E-state index in [0.717, 1.165) is 12.2 Å². The minimum atomic E-state index is -0.127. The SMILES string of the molecule is CN(C)c1cncc(OC2CCN(C(=O)c3cn(C)nn3)C2)n1. The number of likely N-dealkylation sites (tertiary alicyclic amines) is 1. The van der Waals surface area contributed by atoms with Crippen molar-refractivity contribution >= 4 is 11.7 Å². The van der Waals surface area contributed by atoms with Gasteiger partial charge in [-0.3, -0.25) is 14.5 Å².